The Morgan fingerprint density at radius 3 is 2.27 bits per heavy atom. The molecule has 0 spiro atoms. The van der Waals surface area contributed by atoms with Gasteiger partial charge in [-0.15, -0.1) is 10.2 Å². The highest BCUT2D eigenvalue weighted by molar-refractivity contribution is 7.91. The van der Waals surface area contributed by atoms with Crippen molar-refractivity contribution in [1.29, 1.82) is 4.78 Å². The van der Waals surface area contributed by atoms with Gasteiger partial charge in [-0.2, -0.15) is 13.2 Å². The molecule has 1 atom stereocenters. The van der Waals surface area contributed by atoms with E-state index < -0.39 is 73.8 Å². The van der Waals surface area contributed by atoms with Crippen molar-refractivity contribution in [2.75, 3.05) is 11.6 Å². The van der Waals surface area contributed by atoms with Crippen molar-refractivity contribution >= 4 is 21.3 Å². The number of rotatable bonds is 7. The fourth-order valence-corrected chi connectivity index (χ4v) is 3.86. The molecule has 0 radical (unpaired) electrons. The zero-order chi connectivity index (χ0) is 27.7. The molecule has 1 unspecified atom stereocenters. The minimum atomic E-state index is -4.97. The Morgan fingerprint density at radius 1 is 1.11 bits per heavy atom. The fourth-order valence-electron chi connectivity index (χ4n) is 3.17. The number of hydrogen-bond donors (Lipinski definition) is 2. The monoisotopic (exact) mass is 544 g/mol. The lowest BCUT2D eigenvalue weighted by Crippen LogP contribution is -2.21. The van der Waals surface area contributed by atoms with Gasteiger partial charge in [0, 0.05) is 29.0 Å². The van der Waals surface area contributed by atoms with E-state index in [-0.39, 0.29) is 10.6 Å². The molecule has 0 saturated carbocycles. The zero-order valence-corrected chi connectivity index (χ0v) is 20.7. The maximum atomic E-state index is 14.4. The van der Waals surface area contributed by atoms with E-state index in [0.29, 0.717) is 12.1 Å². The van der Waals surface area contributed by atoms with Gasteiger partial charge in [0.15, 0.2) is 23.1 Å². The normalized spacial score (nSPS) is 13.2. The maximum absolute atomic E-state index is 14.4. The SMILES string of the molecule is Cc1c(C(F)(F)F)nnc(Oc2cc(F)c(OC(C)C)c(F)c2)c1C(=O)Nc1cccc(S(C)(=N)=O)c1. The summed E-state index contributed by atoms with van der Waals surface area (Å²) >= 11 is 0. The van der Waals surface area contributed by atoms with Crippen LogP contribution in [0.25, 0.3) is 0 Å². The summed E-state index contributed by atoms with van der Waals surface area (Å²) in [6, 6.07) is 6.79. The predicted octanol–water partition coefficient (Wildman–Crippen LogP) is 5.95. The number of hydrogen-bond acceptors (Lipinski definition) is 7. The van der Waals surface area contributed by atoms with Gasteiger partial charge in [0.25, 0.3) is 11.8 Å². The average molecular weight is 545 g/mol. The van der Waals surface area contributed by atoms with Gasteiger partial charge in [-0.05, 0) is 44.5 Å². The minimum absolute atomic E-state index is 0.0207. The molecule has 3 rings (SSSR count). The number of benzene rings is 2. The zero-order valence-electron chi connectivity index (χ0n) is 19.9. The van der Waals surface area contributed by atoms with Crippen molar-refractivity contribution in [1.82, 2.24) is 10.2 Å². The van der Waals surface area contributed by atoms with Gasteiger partial charge >= 0.3 is 6.18 Å². The summed E-state index contributed by atoms with van der Waals surface area (Å²) in [5, 5.41) is 8.77. The van der Waals surface area contributed by atoms with Gasteiger partial charge in [-0.1, -0.05) is 6.07 Å². The first-order valence-corrected chi connectivity index (χ1v) is 12.5. The highest BCUT2D eigenvalue weighted by atomic mass is 32.2. The molecule has 14 heteroatoms. The molecule has 198 valence electrons. The molecule has 0 aliphatic heterocycles. The predicted molar refractivity (Wildman–Crippen MR) is 123 cm³/mol. The van der Waals surface area contributed by atoms with Gasteiger partial charge in [0.2, 0.25) is 0 Å². The van der Waals surface area contributed by atoms with Crippen LogP contribution in [0.1, 0.15) is 35.5 Å². The third kappa shape index (κ3) is 6.50. The number of aromatic nitrogens is 2. The Bertz CT molecular complexity index is 1440. The molecule has 1 amide bonds. The van der Waals surface area contributed by atoms with Crippen LogP contribution in [0.4, 0.5) is 27.6 Å². The number of anilines is 1. The molecular weight excluding hydrogens is 523 g/mol. The molecule has 0 aliphatic rings. The van der Waals surface area contributed by atoms with Crippen LogP contribution < -0.4 is 14.8 Å². The van der Waals surface area contributed by atoms with Crippen molar-refractivity contribution in [3.8, 4) is 17.4 Å². The number of carbonyl (C=O) groups is 1. The van der Waals surface area contributed by atoms with Crippen LogP contribution in [0.2, 0.25) is 0 Å². The lowest BCUT2D eigenvalue weighted by molar-refractivity contribution is -0.142. The quantitative estimate of drug-likeness (QED) is 0.356. The number of nitrogens with one attached hydrogen (secondary N) is 2. The Morgan fingerprint density at radius 2 is 1.73 bits per heavy atom. The van der Waals surface area contributed by atoms with Crippen LogP contribution in [0.5, 0.6) is 17.4 Å². The van der Waals surface area contributed by atoms with Crippen LogP contribution in [0.15, 0.2) is 41.3 Å². The third-order valence-corrected chi connectivity index (χ3v) is 5.92. The molecule has 0 bridgehead atoms. The summed E-state index contributed by atoms with van der Waals surface area (Å²) in [5.74, 6) is -5.38. The molecule has 0 fully saturated rings. The third-order valence-electron chi connectivity index (χ3n) is 4.76. The number of halogens is 5. The number of amides is 1. The van der Waals surface area contributed by atoms with E-state index in [2.05, 4.69) is 15.5 Å². The molecule has 0 saturated heterocycles. The summed E-state index contributed by atoms with van der Waals surface area (Å²) in [5.41, 5.74) is -2.82. The number of alkyl halides is 3. The highest BCUT2D eigenvalue weighted by Gasteiger charge is 2.38. The average Bonchev–Trinajstić information content (AvgIpc) is 2.75. The Labute approximate surface area is 208 Å². The van der Waals surface area contributed by atoms with E-state index in [9.17, 15) is 31.0 Å². The van der Waals surface area contributed by atoms with Crippen LogP contribution >= 0.6 is 0 Å². The molecule has 8 nitrogen and oxygen atoms in total. The molecule has 3 aromatic rings. The van der Waals surface area contributed by atoms with Crippen LogP contribution in [-0.4, -0.2) is 32.7 Å². The molecular formula is C23H21F5N4O4S. The molecule has 2 aromatic carbocycles. The Balaban J connectivity index is 2.07. The van der Waals surface area contributed by atoms with Gasteiger partial charge < -0.3 is 14.8 Å². The van der Waals surface area contributed by atoms with Crippen molar-refractivity contribution in [3.63, 3.8) is 0 Å². The lowest BCUT2D eigenvalue weighted by Gasteiger charge is -2.17. The number of carbonyl (C=O) groups excluding carboxylic acids is 1. The molecule has 1 aromatic heterocycles. The topological polar surface area (TPSA) is 114 Å². The highest BCUT2D eigenvalue weighted by Crippen LogP contribution is 2.36. The van der Waals surface area contributed by atoms with E-state index in [1.807, 2.05) is 0 Å². The first kappa shape index (κ1) is 27.8. The lowest BCUT2D eigenvalue weighted by atomic mass is 10.1. The minimum Gasteiger partial charge on any atom is -0.485 e. The Kier molecular flexibility index (Phi) is 7.72. The van der Waals surface area contributed by atoms with E-state index >= 15 is 0 Å². The van der Waals surface area contributed by atoms with Crippen molar-refractivity contribution in [3.05, 3.63) is 64.9 Å². The molecule has 2 N–H and O–H groups in total. The Hall–Kier alpha value is -3.81. The van der Waals surface area contributed by atoms with Crippen molar-refractivity contribution in [2.24, 2.45) is 0 Å². The van der Waals surface area contributed by atoms with Crippen LogP contribution in [0.3, 0.4) is 0 Å². The summed E-state index contributed by atoms with van der Waals surface area (Å²) in [6.07, 6.45) is -4.37. The number of ether oxygens (including phenoxy) is 2. The van der Waals surface area contributed by atoms with Crippen molar-refractivity contribution in [2.45, 2.75) is 37.9 Å². The van der Waals surface area contributed by atoms with Gasteiger partial charge in [-0.25, -0.2) is 17.8 Å². The van der Waals surface area contributed by atoms with E-state index in [1.165, 1.54) is 24.3 Å². The molecule has 37 heavy (non-hydrogen) atoms. The van der Waals surface area contributed by atoms with E-state index in [1.54, 1.807) is 13.8 Å². The molecule has 0 aliphatic carbocycles. The maximum Gasteiger partial charge on any atom is 0.435 e. The largest absolute Gasteiger partial charge is 0.485 e. The van der Waals surface area contributed by atoms with Crippen LogP contribution in [0, 0.1) is 23.3 Å². The summed E-state index contributed by atoms with van der Waals surface area (Å²) in [4.78, 5) is 13.1. The van der Waals surface area contributed by atoms with E-state index in [4.69, 9.17) is 14.3 Å². The number of nitrogens with zero attached hydrogens (tertiary/aromatic N) is 2. The summed E-state index contributed by atoms with van der Waals surface area (Å²) < 4.78 is 99.3. The van der Waals surface area contributed by atoms with Gasteiger partial charge in [0.1, 0.15) is 11.3 Å². The van der Waals surface area contributed by atoms with Crippen LogP contribution in [-0.2, 0) is 15.9 Å². The standard InChI is InChI=1S/C23H21F5N4O4S/c1-11(2)35-19-16(24)9-14(10-17(19)25)36-22-18(12(3)20(31-32-22)23(26,27)28)21(33)30-13-6-5-7-15(8-13)37(4,29)34/h5-11,29H,1-4H3,(H,30,33). The fraction of sp³-hybridized carbons (Fsp3) is 0.261. The first-order chi connectivity index (χ1) is 17.1. The summed E-state index contributed by atoms with van der Waals surface area (Å²) in [7, 11) is -3.16. The van der Waals surface area contributed by atoms with Gasteiger partial charge in [0.05, 0.1) is 15.8 Å². The molecule has 1 heterocycles. The summed E-state index contributed by atoms with van der Waals surface area (Å²) in [6.45, 7) is 4.06. The second-order valence-electron chi connectivity index (χ2n) is 8.16. The van der Waals surface area contributed by atoms with Gasteiger partial charge in [-0.3, -0.25) is 4.79 Å². The second-order valence-corrected chi connectivity index (χ2v) is 10.3. The van der Waals surface area contributed by atoms with E-state index in [0.717, 1.165) is 13.2 Å². The first-order valence-electron chi connectivity index (χ1n) is 10.5. The smallest absolute Gasteiger partial charge is 0.435 e. The van der Waals surface area contributed by atoms with Crippen molar-refractivity contribution < 1.29 is 40.4 Å². The second kappa shape index (κ2) is 10.3.